The summed E-state index contributed by atoms with van der Waals surface area (Å²) in [5.74, 6) is 3.53. The average molecular weight is 285 g/mol. The molecule has 1 aliphatic heterocycles. The zero-order chi connectivity index (χ0) is 12.1. The Morgan fingerprint density at radius 2 is 2.24 bits per heavy atom. The Kier molecular flexibility index (Phi) is 5.13. The summed E-state index contributed by atoms with van der Waals surface area (Å²) in [5.41, 5.74) is 0.657. The first-order chi connectivity index (χ1) is 8.27. The van der Waals surface area contributed by atoms with Crippen molar-refractivity contribution in [3.8, 4) is 0 Å². The van der Waals surface area contributed by atoms with Gasteiger partial charge in [0.25, 0.3) is 5.91 Å². The Bertz CT molecular complexity index is 391. The number of nitrogens with one attached hydrogen (secondary N) is 1. The number of carbonyl (C=O) groups is 1. The van der Waals surface area contributed by atoms with Crippen LogP contribution in [0.25, 0.3) is 0 Å². The molecular formula is C12H15NOS3. The van der Waals surface area contributed by atoms with Crippen LogP contribution in [-0.2, 0) is 0 Å². The maximum atomic E-state index is 11.9. The molecule has 5 heteroatoms. The highest BCUT2D eigenvalue weighted by Gasteiger charge is 2.16. The molecule has 1 unspecified atom stereocenters. The second-order valence-corrected chi connectivity index (χ2v) is 6.83. The van der Waals surface area contributed by atoms with Crippen LogP contribution in [0.4, 0.5) is 0 Å². The molecule has 1 saturated heterocycles. The molecule has 0 bridgehead atoms. The molecule has 92 valence electrons. The summed E-state index contributed by atoms with van der Waals surface area (Å²) in [6.45, 7) is 0.749. The molecule has 1 amide bonds. The number of hydrogen-bond donors (Lipinski definition) is 2. The van der Waals surface area contributed by atoms with E-state index >= 15 is 0 Å². The minimum absolute atomic E-state index is 0.0215. The van der Waals surface area contributed by atoms with Gasteiger partial charge in [0, 0.05) is 33.9 Å². The molecule has 0 spiro atoms. The van der Waals surface area contributed by atoms with Gasteiger partial charge in [-0.3, -0.25) is 4.79 Å². The maximum absolute atomic E-state index is 11.9. The Morgan fingerprint density at radius 1 is 1.41 bits per heavy atom. The highest BCUT2D eigenvalue weighted by Crippen LogP contribution is 2.23. The van der Waals surface area contributed by atoms with Crippen molar-refractivity contribution in [1.82, 2.24) is 5.32 Å². The van der Waals surface area contributed by atoms with Crippen LogP contribution in [0.15, 0.2) is 29.2 Å². The van der Waals surface area contributed by atoms with Crippen molar-refractivity contribution in [3.05, 3.63) is 29.8 Å². The third kappa shape index (κ3) is 3.86. The van der Waals surface area contributed by atoms with Gasteiger partial charge in [0.05, 0.1) is 5.56 Å². The van der Waals surface area contributed by atoms with Crippen molar-refractivity contribution < 1.29 is 4.79 Å². The van der Waals surface area contributed by atoms with Crippen LogP contribution in [0, 0.1) is 0 Å². The Labute approximate surface area is 116 Å². The number of carbonyl (C=O) groups excluding carboxylic acids is 1. The van der Waals surface area contributed by atoms with Crippen LogP contribution in [0.3, 0.4) is 0 Å². The van der Waals surface area contributed by atoms with E-state index in [4.69, 9.17) is 0 Å². The van der Waals surface area contributed by atoms with Crippen LogP contribution in [0.2, 0.25) is 0 Å². The van der Waals surface area contributed by atoms with Crippen molar-refractivity contribution in [3.63, 3.8) is 0 Å². The molecule has 2 rings (SSSR count). The van der Waals surface area contributed by atoms with Gasteiger partial charge in [-0.25, -0.2) is 0 Å². The summed E-state index contributed by atoms with van der Waals surface area (Å²) in [4.78, 5) is 12.7. The summed E-state index contributed by atoms with van der Waals surface area (Å²) < 4.78 is 0. The molecule has 17 heavy (non-hydrogen) atoms. The molecule has 1 fully saturated rings. The number of thiol groups is 1. The van der Waals surface area contributed by atoms with Crippen LogP contribution in [0.1, 0.15) is 10.4 Å². The molecule has 1 N–H and O–H groups in total. The van der Waals surface area contributed by atoms with Gasteiger partial charge in [-0.05, 0) is 12.1 Å². The van der Waals surface area contributed by atoms with E-state index in [0.717, 1.165) is 17.2 Å². The molecule has 0 aromatic heterocycles. The fraction of sp³-hybridized carbons (Fsp3) is 0.417. The van der Waals surface area contributed by atoms with Crippen LogP contribution >= 0.6 is 36.2 Å². The van der Waals surface area contributed by atoms with Gasteiger partial charge >= 0.3 is 0 Å². The summed E-state index contributed by atoms with van der Waals surface area (Å²) in [6, 6.07) is 7.39. The summed E-state index contributed by atoms with van der Waals surface area (Å²) in [6.07, 6.45) is 0. The zero-order valence-electron chi connectivity index (χ0n) is 9.39. The normalized spacial score (nSPS) is 19.9. The van der Waals surface area contributed by atoms with E-state index in [-0.39, 0.29) is 5.91 Å². The molecule has 1 aliphatic rings. The summed E-state index contributed by atoms with van der Waals surface area (Å²) in [7, 11) is 0. The second kappa shape index (κ2) is 6.61. The highest BCUT2D eigenvalue weighted by atomic mass is 32.2. The summed E-state index contributed by atoms with van der Waals surface area (Å²) >= 11 is 8.20. The number of hydrogen-bond acceptors (Lipinski definition) is 4. The molecule has 2 nitrogen and oxygen atoms in total. The van der Waals surface area contributed by atoms with E-state index in [2.05, 4.69) is 17.9 Å². The number of rotatable bonds is 3. The van der Waals surface area contributed by atoms with E-state index in [0.29, 0.717) is 10.8 Å². The van der Waals surface area contributed by atoms with E-state index in [1.165, 1.54) is 11.5 Å². The number of amides is 1. The lowest BCUT2D eigenvalue weighted by Crippen LogP contribution is -2.33. The first-order valence-electron chi connectivity index (χ1n) is 5.53. The van der Waals surface area contributed by atoms with Crippen molar-refractivity contribution >= 4 is 42.1 Å². The van der Waals surface area contributed by atoms with Crippen molar-refractivity contribution in [1.29, 1.82) is 0 Å². The van der Waals surface area contributed by atoms with Gasteiger partial charge in [-0.15, -0.1) is 12.6 Å². The molecule has 0 saturated carbocycles. The predicted octanol–water partition coefficient (Wildman–Crippen LogP) is 2.55. The maximum Gasteiger partial charge on any atom is 0.252 e. The molecule has 0 aliphatic carbocycles. The lowest BCUT2D eigenvalue weighted by atomic mass is 10.2. The lowest BCUT2D eigenvalue weighted by molar-refractivity contribution is 0.0951. The second-order valence-electron chi connectivity index (χ2n) is 3.79. The van der Waals surface area contributed by atoms with Crippen LogP contribution in [-0.4, -0.2) is 35.0 Å². The van der Waals surface area contributed by atoms with Gasteiger partial charge in [-0.1, -0.05) is 12.1 Å². The topological polar surface area (TPSA) is 29.1 Å². The van der Waals surface area contributed by atoms with Gasteiger partial charge in [-0.2, -0.15) is 23.5 Å². The standard InChI is InChI=1S/C12H15NOS3/c14-12(10-3-1-2-4-11(10)15)13-7-9-8-16-5-6-17-9/h1-4,9,15H,5-8H2,(H,13,14). The Morgan fingerprint density at radius 3 is 2.94 bits per heavy atom. The third-order valence-corrected chi connectivity index (χ3v) is 5.76. The fourth-order valence-corrected chi connectivity index (χ4v) is 4.50. The highest BCUT2D eigenvalue weighted by molar-refractivity contribution is 8.06. The largest absolute Gasteiger partial charge is 0.351 e. The van der Waals surface area contributed by atoms with E-state index in [1.54, 1.807) is 6.07 Å². The van der Waals surface area contributed by atoms with E-state index in [1.807, 2.05) is 41.7 Å². The minimum Gasteiger partial charge on any atom is -0.351 e. The average Bonchev–Trinajstić information content (AvgIpc) is 2.38. The monoisotopic (exact) mass is 285 g/mol. The molecular weight excluding hydrogens is 270 g/mol. The molecule has 1 aromatic carbocycles. The van der Waals surface area contributed by atoms with Gasteiger partial charge in [0.15, 0.2) is 0 Å². The zero-order valence-corrected chi connectivity index (χ0v) is 11.9. The SMILES string of the molecule is O=C(NCC1CSCCS1)c1ccccc1S. The third-order valence-electron chi connectivity index (χ3n) is 2.52. The van der Waals surface area contributed by atoms with Gasteiger partial charge in [0.1, 0.15) is 0 Å². The summed E-state index contributed by atoms with van der Waals surface area (Å²) in [5, 5.41) is 3.53. The molecule has 1 heterocycles. The molecule has 0 radical (unpaired) electrons. The van der Waals surface area contributed by atoms with Crippen molar-refractivity contribution in [2.24, 2.45) is 0 Å². The smallest absolute Gasteiger partial charge is 0.252 e. The van der Waals surface area contributed by atoms with Gasteiger partial charge < -0.3 is 5.32 Å². The van der Waals surface area contributed by atoms with Crippen molar-refractivity contribution in [2.75, 3.05) is 23.8 Å². The minimum atomic E-state index is -0.0215. The predicted molar refractivity (Wildman–Crippen MR) is 79.6 cm³/mol. The molecule has 1 aromatic rings. The lowest BCUT2D eigenvalue weighted by Gasteiger charge is -2.21. The Hall–Kier alpha value is -0.260. The van der Waals surface area contributed by atoms with E-state index in [9.17, 15) is 4.79 Å². The van der Waals surface area contributed by atoms with Gasteiger partial charge in [0.2, 0.25) is 0 Å². The molecule has 1 atom stereocenters. The Balaban J connectivity index is 1.87. The van der Waals surface area contributed by atoms with Crippen molar-refractivity contribution in [2.45, 2.75) is 10.1 Å². The first kappa shape index (κ1) is 13.2. The number of thioether (sulfide) groups is 2. The first-order valence-corrected chi connectivity index (χ1v) is 8.18. The quantitative estimate of drug-likeness (QED) is 0.836. The fourth-order valence-electron chi connectivity index (χ4n) is 1.62. The number of benzene rings is 1. The van der Waals surface area contributed by atoms with E-state index < -0.39 is 0 Å². The van der Waals surface area contributed by atoms with Crippen LogP contribution < -0.4 is 5.32 Å². The van der Waals surface area contributed by atoms with Crippen LogP contribution in [0.5, 0.6) is 0 Å².